The third kappa shape index (κ3) is 3.27. The van der Waals surface area contributed by atoms with Gasteiger partial charge in [-0.1, -0.05) is 18.2 Å². The summed E-state index contributed by atoms with van der Waals surface area (Å²) >= 11 is 0. The number of hydrogen-bond acceptors (Lipinski definition) is 3. The van der Waals surface area contributed by atoms with Crippen molar-refractivity contribution in [2.75, 3.05) is 18.0 Å². The van der Waals surface area contributed by atoms with Crippen molar-refractivity contribution in [2.24, 2.45) is 0 Å². The molecule has 0 aliphatic carbocycles. The van der Waals surface area contributed by atoms with Crippen molar-refractivity contribution in [3.8, 4) is 0 Å². The molecule has 1 heterocycles. The number of halogens is 3. The van der Waals surface area contributed by atoms with Gasteiger partial charge in [-0.25, -0.2) is 0 Å². The summed E-state index contributed by atoms with van der Waals surface area (Å²) in [6, 6.07) is 9.12. The van der Waals surface area contributed by atoms with Crippen LogP contribution < -0.4 is 11.5 Å². The molecular formula is C17H18F3N3. The first-order valence-electron chi connectivity index (χ1n) is 7.39. The monoisotopic (exact) mass is 321 g/mol. The van der Waals surface area contributed by atoms with Gasteiger partial charge in [0.2, 0.25) is 0 Å². The van der Waals surface area contributed by atoms with E-state index in [1.54, 1.807) is 0 Å². The van der Waals surface area contributed by atoms with Gasteiger partial charge in [-0.15, -0.1) is 0 Å². The molecule has 2 aromatic rings. The van der Waals surface area contributed by atoms with Crippen LogP contribution >= 0.6 is 0 Å². The summed E-state index contributed by atoms with van der Waals surface area (Å²) in [5.41, 5.74) is 15.5. The molecule has 3 rings (SSSR count). The van der Waals surface area contributed by atoms with Gasteiger partial charge in [-0.3, -0.25) is 4.90 Å². The fourth-order valence-electron chi connectivity index (χ4n) is 2.92. The van der Waals surface area contributed by atoms with Crippen LogP contribution in [0.2, 0.25) is 0 Å². The summed E-state index contributed by atoms with van der Waals surface area (Å²) < 4.78 is 37.8. The van der Waals surface area contributed by atoms with Crippen LogP contribution in [-0.2, 0) is 25.7 Å². The van der Waals surface area contributed by atoms with E-state index in [0.717, 1.165) is 36.2 Å². The van der Waals surface area contributed by atoms with E-state index in [4.69, 9.17) is 11.5 Å². The normalized spacial score (nSPS) is 15.4. The molecule has 0 saturated carbocycles. The fourth-order valence-corrected chi connectivity index (χ4v) is 2.92. The number of benzene rings is 2. The molecule has 2 aromatic carbocycles. The molecule has 0 fully saturated rings. The van der Waals surface area contributed by atoms with E-state index in [-0.39, 0.29) is 0 Å². The van der Waals surface area contributed by atoms with Gasteiger partial charge in [0, 0.05) is 19.6 Å². The molecule has 0 bridgehead atoms. The third-order valence-electron chi connectivity index (χ3n) is 4.25. The number of anilines is 2. The zero-order valence-electron chi connectivity index (χ0n) is 12.5. The van der Waals surface area contributed by atoms with Gasteiger partial charge in [0.15, 0.2) is 0 Å². The van der Waals surface area contributed by atoms with E-state index in [2.05, 4.69) is 4.90 Å². The van der Waals surface area contributed by atoms with Gasteiger partial charge in [0.1, 0.15) is 0 Å². The standard InChI is InChI=1S/C17H18F3N3/c18-17(19,20)13-4-1-11(2-5-13)9-23-8-7-12-3-6-15(21)16(22)14(12)10-23/h1-6H,7-10,21-22H2. The van der Waals surface area contributed by atoms with Crippen molar-refractivity contribution in [1.82, 2.24) is 4.90 Å². The van der Waals surface area contributed by atoms with Gasteiger partial charge < -0.3 is 11.5 Å². The van der Waals surface area contributed by atoms with Crippen LogP contribution in [0.5, 0.6) is 0 Å². The van der Waals surface area contributed by atoms with Crippen LogP contribution in [0.4, 0.5) is 24.5 Å². The number of rotatable bonds is 2. The molecule has 6 heteroatoms. The molecule has 0 saturated heterocycles. The number of nitrogens with zero attached hydrogens (tertiary/aromatic N) is 1. The Labute approximate surface area is 132 Å². The minimum atomic E-state index is -4.30. The van der Waals surface area contributed by atoms with Crippen LogP contribution in [0.25, 0.3) is 0 Å². The Kier molecular flexibility index (Phi) is 3.93. The van der Waals surface area contributed by atoms with Crippen LogP contribution in [0, 0.1) is 0 Å². The molecular weight excluding hydrogens is 303 g/mol. The number of nitrogen functional groups attached to an aromatic ring is 2. The molecule has 0 amide bonds. The first-order valence-corrected chi connectivity index (χ1v) is 7.39. The Morgan fingerprint density at radius 3 is 2.35 bits per heavy atom. The molecule has 0 atom stereocenters. The summed E-state index contributed by atoms with van der Waals surface area (Å²) in [7, 11) is 0. The van der Waals surface area contributed by atoms with Crippen molar-refractivity contribution in [2.45, 2.75) is 25.7 Å². The Morgan fingerprint density at radius 1 is 1.00 bits per heavy atom. The van der Waals surface area contributed by atoms with Gasteiger partial charge in [-0.2, -0.15) is 13.2 Å². The maximum Gasteiger partial charge on any atom is 0.416 e. The van der Waals surface area contributed by atoms with Crippen molar-refractivity contribution in [3.63, 3.8) is 0 Å². The van der Waals surface area contributed by atoms with Gasteiger partial charge in [0.05, 0.1) is 16.9 Å². The van der Waals surface area contributed by atoms with Gasteiger partial charge >= 0.3 is 6.18 Å². The zero-order chi connectivity index (χ0) is 16.6. The molecule has 0 unspecified atom stereocenters. The smallest absolute Gasteiger partial charge is 0.397 e. The summed E-state index contributed by atoms with van der Waals surface area (Å²) in [5, 5.41) is 0. The molecule has 1 aliphatic heterocycles. The Bertz CT molecular complexity index is 708. The van der Waals surface area contributed by atoms with Crippen LogP contribution in [0.1, 0.15) is 22.3 Å². The lowest BCUT2D eigenvalue weighted by molar-refractivity contribution is -0.137. The van der Waals surface area contributed by atoms with E-state index >= 15 is 0 Å². The molecule has 0 aromatic heterocycles. The third-order valence-corrected chi connectivity index (χ3v) is 4.25. The van der Waals surface area contributed by atoms with Crippen molar-refractivity contribution in [1.29, 1.82) is 0 Å². The molecule has 23 heavy (non-hydrogen) atoms. The Balaban J connectivity index is 1.73. The predicted octanol–water partition coefficient (Wildman–Crippen LogP) is 3.43. The first-order chi connectivity index (χ1) is 10.8. The highest BCUT2D eigenvalue weighted by Gasteiger charge is 2.30. The van der Waals surface area contributed by atoms with Crippen molar-refractivity contribution < 1.29 is 13.2 Å². The maximum atomic E-state index is 12.6. The van der Waals surface area contributed by atoms with Crippen LogP contribution in [0.15, 0.2) is 36.4 Å². The number of nitrogens with two attached hydrogens (primary N) is 2. The minimum Gasteiger partial charge on any atom is -0.397 e. The van der Waals surface area contributed by atoms with E-state index < -0.39 is 11.7 Å². The average Bonchev–Trinajstić information content (AvgIpc) is 2.51. The summed E-state index contributed by atoms with van der Waals surface area (Å²) in [4.78, 5) is 2.17. The highest BCUT2D eigenvalue weighted by molar-refractivity contribution is 5.69. The highest BCUT2D eigenvalue weighted by atomic mass is 19.4. The second kappa shape index (κ2) is 5.77. The highest BCUT2D eigenvalue weighted by Crippen LogP contribution is 2.31. The van der Waals surface area contributed by atoms with Crippen molar-refractivity contribution in [3.05, 3.63) is 58.7 Å². The Hall–Kier alpha value is -2.21. The SMILES string of the molecule is Nc1ccc2c(c1N)CN(Cc1ccc(C(F)(F)F)cc1)CC2. The molecule has 3 nitrogen and oxygen atoms in total. The molecule has 1 aliphatic rings. The molecule has 0 spiro atoms. The van der Waals surface area contributed by atoms with E-state index in [1.165, 1.54) is 17.7 Å². The number of hydrogen-bond donors (Lipinski definition) is 2. The largest absolute Gasteiger partial charge is 0.416 e. The second-order valence-electron chi connectivity index (χ2n) is 5.86. The lowest BCUT2D eigenvalue weighted by Gasteiger charge is -2.30. The average molecular weight is 321 g/mol. The molecule has 4 N–H and O–H groups in total. The van der Waals surface area contributed by atoms with E-state index in [1.807, 2.05) is 12.1 Å². The van der Waals surface area contributed by atoms with E-state index in [9.17, 15) is 13.2 Å². The second-order valence-corrected chi connectivity index (χ2v) is 5.86. The molecule has 122 valence electrons. The topological polar surface area (TPSA) is 55.3 Å². The predicted molar refractivity (Wildman–Crippen MR) is 84.5 cm³/mol. The van der Waals surface area contributed by atoms with Crippen molar-refractivity contribution >= 4 is 11.4 Å². The minimum absolute atomic E-state index is 0.570. The first kappa shape index (κ1) is 15.7. The fraction of sp³-hybridized carbons (Fsp3) is 0.294. The van der Waals surface area contributed by atoms with Gasteiger partial charge in [0.25, 0.3) is 0 Å². The summed E-state index contributed by atoms with van der Waals surface area (Å²) in [6.45, 7) is 2.09. The maximum absolute atomic E-state index is 12.6. The molecule has 0 radical (unpaired) electrons. The Morgan fingerprint density at radius 2 is 1.70 bits per heavy atom. The quantitative estimate of drug-likeness (QED) is 0.833. The van der Waals surface area contributed by atoms with Gasteiger partial charge in [-0.05, 0) is 41.3 Å². The lowest BCUT2D eigenvalue weighted by Crippen LogP contribution is -2.30. The zero-order valence-corrected chi connectivity index (χ0v) is 12.5. The van der Waals surface area contributed by atoms with Crippen LogP contribution in [-0.4, -0.2) is 11.4 Å². The van der Waals surface area contributed by atoms with E-state index in [0.29, 0.717) is 24.5 Å². The number of fused-ring (bicyclic) bond motifs is 1. The lowest BCUT2D eigenvalue weighted by atomic mass is 9.96. The summed E-state index contributed by atoms with van der Waals surface area (Å²) in [6.07, 6.45) is -3.44. The van der Waals surface area contributed by atoms with Crippen LogP contribution in [0.3, 0.4) is 0 Å². The summed E-state index contributed by atoms with van der Waals surface area (Å²) in [5.74, 6) is 0. The number of alkyl halides is 3.